The second-order valence-electron chi connectivity index (χ2n) is 2.89. The molecule has 0 bridgehead atoms. The summed E-state index contributed by atoms with van der Waals surface area (Å²) in [6.45, 7) is 4.31. The van der Waals surface area contributed by atoms with Gasteiger partial charge in [-0.15, -0.1) is 6.58 Å². The van der Waals surface area contributed by atoms with Crippen molar-refractivity contribution >= 4 is 34.0 Å². The molecule has 0 aliphatic rings. The maximum Gasteiger partial charge on any atom is 0.257 e. The van der Waals surface area contributed by atoms with Gasteiger partial charge < -0.3 is 0 Å². The highest BCUT2D eigenvalue weighted by atomic mass is 35.5. The van der Waals surface area contributed by atoms with Crippen LogP contribution in [0.25, 0.3) is 10.9 Å². The molecule has 4 heteroatoms. The van der Waals surface area contributed by atoms with E-state index in [0.29, 0.717) is 17.0 Å². The van der Waals surface area contributed by atoms with Gasteiger partial charge in [0.05, 0.1) is 17.4 Å². The molecule has 14 heavy (non-hydrogen) atoms. The summed E-state index contributed by atoms with van der Waals surface area (Å²) in [5.41, 5.74) is 0.921. The summed E-state index contributed by atoms with van der Waals surface area (Å²) in [7, 11) is 0. The van der Waals surface area contributed by atoms with Crippen molar-refractivity contribution in [3.05, 3.63) is 45.4 Å². The van der Waals surface area contributed by atoms with Gasteiger partial charge in [0.25, 0.3) is 4.74 Å². The molecule has 72 valence electrons. The highest BCUT2D eigenvalue weighted by molar-refractivity contribution is 7.05. The van der Waals surface area contributed by atoms with E-state index < -0.39 is 0 Å². The normalized spacial score (nSPS) is 10.6. The lowest BCUT2D eigenvalue weighted by Crippen LogP contribution is -1.88. The summed E-state index contributed by atoms with van der Waals surface area (Å²) in [6, 6.07) is 5.35. The lowest BCUT2D eigenvalue weighted by Gasteiger charge is -1.97. The molecule has 0 spiro atoms. The van der Waals surface area contributed by atoms with Gasteiger partial charge in [0.15, 0.2) is 0 Å². The van der Waals surface area contributed by atoms with Crippen LogP contribution in [0.5, 0.6) is 0 Å². The maximum atomic E-state index is 11.5. The summed E-state index contributed by atoms with van der Waals surface area (Å²) in [6.07, 6.45) is 1.77. The third kappa shape index (κ3) is 1.49. The number of halogens is 1. The zero-order valence-corrected chi connectivity index (χ0v) is 8.94. The Hall–Kier alpha value is -1.06. The Morgan fingerprint density at radius 3 is 3.07 bits per heavy atom. The largest absolute Gasteiger partial charge is 0.290 e. The van der Waals surface area contributed by atoms with Crippen molar-refractivity contribution in [2.75, 3.05) is 0 Å². The van der Waals surface area contributed by atoms with Gasteiger partial charge in [-0.3, -0.25) is 8.75 Å². The van der Waals surface area contributed by atoms with E-state index in [0.717, 1.165) is 5.52 Å². The quantitative estimate of drug-likeness (QED) is 0.721. The number of benzene rings is 1. The molecule has 2 nitrogen and oxygen atoms in total. The standard InChI is InChI=1S/C10H8ClNOS/c1-2-5-12-9-4-3-7(11)6-8(9)10(13)14-12/h2-4,6H,1,5H2. The Balaban J connectivity index is 2.77. The third-order valence-electron chi connectivity index (χ3n) is 1.94. The first kappa shape index (κ1) is 9.49. The highest BCUT2D eigenvalue weighted by Crippen LogP contribution is 2.19. The van der Waals surface area contributed by atoms with E-state index in [2.05, 4.69) is 6.58 Å². The molecule has 0 radical (unpaired) electrons. The molecule has 0 aliphatic carbocycles. The van der Waals surface area contributed by atoms with Crippen LogP contribution in [0.1, 0.15) is 0 Å². The third-order valence-corrected chi connectivity index (χ3v) is 3.12. The van der Waals surface area contributed by atoms with E-state index in [1.807, 2.05) is 10.0 Å². The molecule has 0 saturated carbocycles. The van der Waals surface area contributed by atoms with E-state index in [9.17, 15) is 4.79 Å². The van der Waals surface area contributed by atoms with E-state index in [4.69, 9.17) is 11.6 Å². The average molecular weight is 226 g/mol. The first-order chi connectivity index (χ1) is 6.72. The average Bonchev–Trinajstić information content (AvgIpc) is 2.44. The van der Waals surface area contributed by atoms with Crippen molar-refractivity contribution in [1.29, 1.82) is 0 Å². The first-order valence-electron chi connectivity index (χ1n) is 4.12. The van der Waals surface area contributed by atoms with Crippen molar-refractivity contribution < 1.29 is 0 Å². The Morgan fingerprint density at radius 1 is 1.57 bits per heavy atom. The van der Waals surface area contributed by atoms with Gasteiger partial charge in [-0.25, -0.2) is 0 Å². The molecule has 0 amide bonds. The zero-order chi connectivity index (χ0) is 10.1. The van der Waals surface area contributed by atoms with Crippen LogP contribution >= 0.6 is 23.1 Å². The topological polar surface area (TPSA) is 22.0 Å². The summed E-state index contributed by atoms with van der Waals surface area (Å²) in [4.78, 5) is 11.5. The monoisotopic (exact) mass is 225 g/mol. The van der Waals surface area contributed by atoms with E-state index >= 15 is 0 Å². The van der Waals surface area contributed by atoms with E-state index in [-0.39, 0.29) is 4.74 Å². The molecule has 0 saturated heterocycles. The summed E-state index contributed by atoms with van der Waals surface area (Å²) in [5.74, 6) is 0. The van der Waals surface area contributed by atoms with Crippen LogP contribution in [0.2, 0.25) is 5.02 Å². The Bertz CT molecular complexity index is 541. The van der Waals surface area contributed by atoms with Gasteiger partial charge in [-0.1, -0.05) is 17.7 Å². The number of hydrogen-bond acceptors (Lipinski definition) is 2. The molecular weight excluding hydrogens is 218 g/mol. The van der Waals surface area contributed by atoms with Crippen molar-refractivity contribution in [1.82, 2.24) is 3.96 Å². The fourth-order valence-electron chi connectivity index (χ4n) is 1.34. The Morgan fingerprint density at radius 2 is 2.36 bits per heavy atom. The summed E-state index contributed by atoms with van der Waals surface area (Å²) in [5, 5.41) is 1.28. The van der Waals surface area contributed by atoms with Crippen LogP contribution in [-0.2, 0) is 6.54 Å². The van der Waals surface area contributed by atoms with Crippen LogP contribution < -0.4 is 4.74 Å². The van der Waals surface area contributed by atoms with Crippen LogP contribution in [0.4, 0.5) is 0 Å². The summed E-state index contributed by atoms with van der Waals surface area (Å²) >= 11 is 7.01. The Labute approximate surface area is 90.2 Å². The molecule has 0 aliphatic heterocycles. The smallest absolute Gasteiger partial charge is 0.257 e. The van der Waals surface area contributed by atoms with E-state index in [1.165, 1.54) is 11.5 Å². The SMILES string of the molecule is C=CCn1sc(=O)c2cc(Cl)ccc21. The molecular formula is C10H8ClNOS. The fraction of sp³-hybridized carbons (Fsp3) is 0.100. The van der Waals surface area contributed by atoms with Gasteiger partial charge in [-0.05, 0) is 29.7 Å². The second kappa shape index (κ2) is 3.59. The van der Waals surface area contributed by atoms with Crippen molar-refractivity contribution in [2.24, 2.45) is 0 Å². The van der Waals surface area contributed by atoms with Gasteiger partial charge in [0, 0.05) is 5.02 Å². The second-order valence-corrected chi connectivity index (χ2v) is 4.32. The van der Waals surface area contributed by atoms with Crippen LogP contribution in [0, 0.1) is 0 Å². The van der Waals surface area contributed by atoms with Crippen molar-refractivity contribution in [3.63, 3.8) is 0 Å². The molecule has 0 atom stereocenters. The van der Waals surface area contributed by atoms with Gasteiger partial charge in [0.2, 0.25) is 0 Å². The van der Waals surface area contributed by atoms with Crippen molar-refractivity contribution in [3.8, 4) is 0 Å². The number of rotatable bonds is 2. The van der Waals surface area contributed by atoms with Crippen LogP contribution in [0.15, 0.2) is 35.6 Å². The highest BCUT2D eigenvalue weighted by Gasteiger charge is 2.06. The molecule has 0 unspecified atom stereocenters. The molecule has 1 aromatic carbocycles. The minimum Gasteiger partial charge on any atom is -0.290 e. The zero-order valence-electron chi connectivity index (χ0n) is 7.37. The number of fused-ring (bicyclic) bond motifs is 1. The lowest BCUT2D eigenvalue weighted by atomic mass is 10.2. The summed E-state index contributed by atoms with van der Waals surface area (Å²) < 4.78 is 1.95. The number of nitrogens with zero attached hydrogens (tertiary/aromatic N) is 1. The molecule has 1 aromatic heterocycles. The van der Waals surface area contributed by atoms with Gasteiger partial charge in [0.1, 0.15) is 0 Å². The molecule has 2 aromatic rings. The molecule has 2 rings (SSSR count). The van der Waals surface area contributed by atoms with Crippen LogP contribution in [-0.4, -0.2) is 3.96 Å². The van der Waals surface area contributed by atoms with Gasteiger partial charge in [-0.2, -0.15) is 0 Å². The predicted octanol–water partition coefficient (Wildman–Crippen LogP) is 2.90. The first-order valence-corrected chi connectivity index (χ1v) is 5.28. The fourth-order valence-corrected chi connectivity index (χ4v) is 2.41. The minimum atomic E-state index is 0.0457. The molecule has 0 fully saturated rings. The van der Waals surface area contributed by atoms with E-state index in [1.54, 1.807) is 18.2 Å². The number of hydrogen-bond donors (Lipinski definition) is 0. The lowest BCUT2D eigenvalue weighted by molar-refractivity contribution is 0.953. The van der Waals surface area contributed by atoms with Crippen LogP contribution in [0.3, 0.4) is 0 Å². The molecule has 1 heterocycles. The van der Waals surface area contributed by atoms with Crippen molar-refractivity contribution in [2.45, 2.75) is 6.54 Å². The number of aromatic nitrogens is 1. The van der Waals surface area contributed by atoms with Gasteiger partial charge >= 0.3 is 0 Å². The number of allylic oxidation sites excluding steroid dienone is 1. The minimum absolute atomic E-state index is 0.0457. The maximum absolute atomic E-state index is 11.5. The predicted molar refractivity (Wildman–Crippen MR) is 61.3 cm³/mol. The molecule has 0 N–H and O–H groups in total. The Kier molecular flexibility index (Phi) is 2.44.